The predicted octanol–water partition coefficient (Wildman–Crippen LogP) is 3.20. The molecule has 0 radical (unpaired) electrons. The average molecular weight is 385 g/mol. The van der Waals surface area contributed by atoms with Crippen LogP contribution in [0.3, 0.4) is 0 Å². The number of hydrogen-bond donors (Lipinski definition) is 1. The molecule has 1 fully saturated rings. The number of hydrogen-bond acceptors (Lipinski definition) is 5. The smallest absolute Gasteiger partial charge is 0.203 e. The third kappa shape index (κ3) is 5.63. The van der Waals surface area contributed by atoms with E-state index in [9.17, 15) is 5.11 Å². The van der Waals surface area contributed by atoms with Gasteiger partial charge >= 0.3 is 0 Å². The van der Waals surface area contributed by atoms with Gasteiger partial charge in [-0.3, -0.25) is 0 Å². The molecule has 0 spiro atoms. The Morgan fingerprint density at radius 2 is 1.50 bits per heavy atom. The molecule has 1 heterocycles. The summed E-state index contributed by atoms with van der Waals surface area (Å²) in [6.07, 6.45) is 3.26. The summed E-state index contributed by atoms with van der Waals surface area (Å²) in [5.74, 6) is 1.12. The van der Waals surface area contributed by atoms with E-state index < -0.39 is 0 Å². The molecule has 152 valence electrons. The third-order valence-electron chi connectivity index (χ3n) is 5.48. The zero-order valence-electron chi connectivity index (χ0n) is 17.1. The number of aromatic hydroxyl groups is 1. The van der Waals surface area contributed by atoms with Crippen LogP contribution in [0.4, 0.5) is 0 Å². The summed E-state index contributed by atoms with van der Waals surface area (Å²) in [6.45, 7) is 6.63. The first-order valence-electron chi connectivity index (χ1n) is 10.1. The van der Waals surface area contributed by atoms with Crippen LogP contribution < -0.4 is 9.47 Å². The molecule has 1 saturated heterocycles. The van der Waals surface area contributed by atoms with E-state index in [0.29, 0.717) is 11.5 Å². The summed E-state index contributed by atoms with van der Waals surface area (Å²) in [5, 5.41) is 10.1. The highest BCUT2D eigenvalue weighted by molar-refractivity contribution is 5.53. The van der Waals surface area contributed by atoms with Crippen molar-refractivity contribution in [3.05, 3.63) is 53.6 Å². The Morgan fingerprint density at radius 1 is 0.821 bits per heavy atom. The molecule has 0 amide bonds. The predicted molar refractivity (Wildman–Crippen MR) is 113 cm³/mol. The molecule has 0 aliphatic carbocycles. The van der Waals surface area contributed by atoms with Crippen LogP contribution in [0.1, 0.15) is 17.5 Å². The van der Waals surface area contributed by atoms with Crippen LogP contribution in [0.2, 0.25) is 0 Å². The van der Waals surface area contributed by atoms with Gasteiger partial charge in [-0.05, 0) is 49.1 Å². The summed E-state index contributed by atoms with van der Waals surface area (Å²) >= 11 is 0. The van der Waals surface area contributed by atoms with E-state index in [-0.39, 0.29) is 5.75 Å². The quantitative estimate of drug-likeness (QED) is 0.719. The molecule has 0 saturated carbocycles. The van der Waals surface area contributed by atoms with Crippen LogP contribution in [0.15, 0.2) is 42.5 Å². The van der Waals surface area contributed by atoms with Crippen molar-refractivity contribution in [2.24, 2.45) is 0 Å². The number of nitrogens with zero attached hydrogens (tertiary/aromatic N) is 2. The molecule has 3 rings (SSSR count). The molecule has 0 aromatic heterocycles. The van der Waals surface area contributed by atoms with Crippen molar-refractivity contribution in [3.8, 4) is 17.2 Å². The van der Waals surface area contributed by atoms with Crippen LogP contribution in [-0.4, -0.2) is 68.4 Å². The Labute approximate surface area is 168 Å². The summed E-state index contributed by atoms with van der Waals surface area (Å²) in [5.41, 5.74) is 2.50. The van der Waals surface area contributed by atoms with Gasteiger partial charge in [0.2, 0.25) is 5.75 Å². The van der Waals surface area contributed by atoms with Crippen molar-refractivity contribution in [3.63, 3.8) is 0 Å². The second-order valence-corrected chi connectivity index (χ2v) is 7.37. The topological polar surface area (TPSA) is 45.2 Å². The Morgan fingerprint density at radius 3 is 2.14 bits per heavy atom. The minimum atomic E-state index is 0.139. The molecule has 0 unspecified atom stereocenters. The van der Waals surface area contributed by atoms with Crippen LogP contribution in [-0.2, 0) is 12.8 Å². The number of methoxy groups -OCH3 is 2. The summed E-state index contributed by atoms with van der Waals surface area (Å²) in [7, 11) is 3.13. The van der Waals surface area contributed by atoms with Gasteiger partial charge in [-0.25, -0.2) is 0 Å². The number of rotatable bonds is 9. The van der Waals surface area contributed by atoms with Gasteiger partial charge in [0.05, 0.1) is 14.2 Å². The highest BCUT2D eigenvalue weighted by atomic mass is 16.5. The number of benzene rings is 2. The van der Waals surface area contributed by atoms with Gasteiger partial charge < -0.3 is 24.4 Å². The first-order chi connectivity index (χ1) is 13.7. The average Bonchev–Trinajstić information content (AvgIpc) is 2.73. The van der Waals surface area contributed by atoms with Crippen molar-refractivity contribution < 1.29 is 14.6 Å². The fourth-order valence-corrected chi connectivity index (χ4v) is 3.82. The van der Waals surface area contributed by atoms with Crippen LogP contribution in [0, 0.1) is 0 Å². The largest absolute Gasteiger partial charge is 0.504 e. The van der Waals surface area contributed by atoms with Crippen molar-refractivity contribution in [2.45, 2.75) is 19.3 Å². The standard InChI is InChI=1S/C23H32N2O3/c1-27-22-18-20(17-21(26)23(22)28-2)10-12-25-15-13-24(14-16-25)11-6-9-19-7-4-3-5-8-19/h3-5,7-8,17-18,26H,6,9-16H2,1-2H3. The zero-order valence-corrected chi connectivity index (χ0v) is 17.1. The van der Waals surface area contributed by atoms with Gasteiger partial charge in [0, 0.05) is 32.7 Å². The SMILES string of the molecule is COc1cc(CCN2CCN(CCCc3ccccc3)CC2)cc(O)c1OC. The van der Waals surface area contributed by atoms with E-state index in [0.717, 1.165) is 51.1 Å². The molecule has 2 aromatic carbocycles. The van der Waals surface area contributed by atoms with Crippen molar-refractivity contribution in [2.75, 3.05) is 53.5 Å². The monoisotopic (exact) mass is 384 g/mol. The van der Waals surface area contributed by atoms with E-state index in [4.69, 9.17) is 9.47 Å². The molecule has 1 N–H and O–H groups in total. The lowest BCUT2D eigenvalue weighted by Gasteiger charge is -2.34. The third-order valence-corrected chi connectivity index (χ3v) is 5.48. The zero-order chi connectivity index (χ0) is 19.8. The minimum absolute atomic E-state index is 0.139. The van der Waals surface area contributed by atoms with Crippen molar-refractivity contribution in [1.82, 2.24) is 9.80 Å². The Hall–Kier alpha value is -2.24. The fourth-order valence-electron chi connectivity index (χ4n) is 3.82. The number of phenolic OH excluding ortho intramolecular Hbond substituents is 1. The molecular formula is C23H32N2O3. The highest BCUT2D eigenvalue weighted by Crippen LogP contribution is 2.37. The molecule has 0 atom stereocenters. The first-order valence-corrected chi connectivity index (χ1v) is 10.1. The highest BCUT2D eigenvalue weighted by Gasteiger charge is 2.17. The van der Waals surface area contributed by atoms with E-state index in [2.05, 4.69) is 40.1 Å². The summed E-state index contributed by atoms with van der Waals surface area (Å²) in [6, 6.07) is 14.5. The number of aryl methyl sites for hydroxylation is 1. The van der Waals surface area contributed by atoms with Crippen LogP contribution >= 0.6 is 0 Å². The molecule has 0 bridgehead atoms. The van der Waals surface area contributed by atoms with Gasteiger partial charge in [-0.15, -0.1) is 0 Å². The van der Waals surface area contributed by atoms with Crippen molar-refractivity contribution >= 4 is 0 Å². The normalized spacial score (nSPS) is 15.5. The molecule has 28 heavy (non-hydrogen) atoms. The first kappa shape index (κ1) is 20.5. The summed E-state index contributed by atoms with van der Waals surface area (Å²) in [4.78, 5) is 5.07. The lowest BCUT2D eigenvalue weighted by atomic mass is 10.1. The molecule has 2 aromatic rings. The second-order valence-electron chi connectivity index (χ2n) is 7.37. The van der Waals surface area contributed by atoms with Gasteiger partial charge in [-0.1, -0.05) is 30.3 Å². The maximum absolute atomic E-state index is 10.1. The van der Waals surface area contributed by atoms with Gasteiger partial charge in [-0.2, -0.15) is 0 Å². The maximum Gasteiger partial charge on any atom is 0.203 e. The second kappa shape index (κ2) is 10.3. The van der Waals surface area contributed by atoms with Crippen LogP contribution in [0.25, 0.3) is 0 Å². The summed E-state index contributed by atoms with van der Waals surface area (Å²) < 4.78 is 10.5. The molecule has 1 aliphatic heterocycles. The number of ether oxygens (including phenoxy) is 2. The lowest BCUT2D eigenvalue weighted by molar-refractivity contribution is 0.132. The van der Waals surface area contributed by atoms with Gasteiger partial charge in [0.25, 0.3) is 0 Å². The molecule has 5 heteroatoms. The lowest BCUT2D eigenvalue weighted by Crippen LogP contribution is -2.47. The van der Waals surface area contributed by atoms with Gasteiger partial charge in [0.15, 0.2) is 11.5 Å². The Kier molecular flexibility index (Phi) is 7.57. The van der Waals surface area contributed by atoms with Crippen molar-refractivity contribution in [1.29, 1.82) is 0 Å². The van der Waals surface area contributed by atoms with E-state index in [1.54, 1.807) is 13.2 Å². The van der Waals surface area contributed by atoms with E-state index in [1.165, 1.54) is 25.6 Å². The molecular weight excluding hydrogens is 352 g/mol. The molecule has 1 aliphatic rings. The maximum atomic E-state index is 10.1. The Balaban J connectivity index is 1.39. The number of piperazine rings is 1. The fraction of sp³-hybridized carbons (Fsp3) is 0.478. The van der Waals surface area contributed by atoms with Gasteiger partial charge in [0.1, 0.15) is 0 Å². The van der Waals surface area contributed by atoms with Crippen LogP contribution in [0.5, 0.6) is 17.2 Å². The molecule has 5 nitrogen and oxygen atoms in total. The minimum Gasteiger partial charge on any atom is -0.504 e. The Bertz CT molecular complexity index is 728. The number of phenols is 1. The van der Waals surface area contributed by atoms with E-state index in [1.807, 2.05) is 6.07 Å². The van der Waals surface area contributed by atoms with E-state index >= 15 is 0 Å².